The molecule has 110 valence electrons. The molecule has 8 heteroatoms. The van der Waals surface area contributed by atoms with Gasteiger partial charge >= 0.3 is 12.2 Å². The van der Waals surface area contributed by atoms with E-state index in [1.807, 2.05) is 0 Å². The van der Waals surface area contributed by atoms with Crippen LogP contribution in [-0.2, 0) is 6.18 Å². The lowest BCUT2D eigenvalue weighted by Crippen LogP contribution is -2.22. The number of anilines is 2. The highest BCUT2D eigenvalue weighted by Crippen LogP contribution is 2.34. The summed E-state index contributed by atoms with van der Waals surface area (Å²) in [5.41, 5.74) is -1.24. The molecule has 0 saturated heterocycles. The summed E-state index contributed by atoms with van der Waals surface area (Å²) < 4.78 is 38.9. The summed E-state index contributed by atoms with van der Waals surface area (Å²) >= 11 is 3.13. The molecule has 0 aliphatic carbocycles. The van der Waals surface area contributed by atoms with Crippen LogP contribution in [0.25, 0.3) is 0 Å². The van der Waals surface area contributed by atoms with E-state index >= 15 is 0 Å². The van der Waals surface area contributed by atoms with E-state index in [1.54, 1.807) is 12.1 Å². The van der Waals surface area contributed by atoms with Gasteiger partial charge < -0.3 is 5.32 Å². The SMILES string of the molecule is O=C(Nc1cccc(Br)n1)Nc1ccccc1C(F)(F)F. The first-order valence-corrected chi connectivity index (χ1v) is 6.52. The second-order valence-electron chi connectivity index (χ2n) is 3.97. The van der Waals surface area contributed by atoms with Gasteiger partial charge in [-0.2, -0.15) is 13.2 Å². The van der Waals surface area contributed by atoms with Crippen molar-refractivity contribution in [3.8, 4) is 0 Å². The van der Waals surface area contributed by atoms with Crippen molar-refractivity contribution in [1.29, 1.82) is 0 Å². The van der Waals surface area contributed by atoms with Gasteiger partial charge in [0.1, 0.15) is 10.4 Å². The minimum atomic E-state index is -4.54. The Morgan fingerprint density at radius 1 is 1.05 bits per heavy atom. The summed E-state index contributed by atoms with van der Waals surface area (Å²) in [6.07, 6.45) is -4.54. The Labute approximate surface area is 126 Å². The first-order chi connectivity index (χ1) is 9.86. The van der Waals surface area contributed by atoms with Crippen LogP contribution in [0.5, 0.6) is 0 Å². The molecule has 0 radical (unpaired) electrons. The van der Waals surface area contributed by atoms with Crippen LogP contribution in [-0.4, -0.2) is 11.0 Å². The van der Waals surface area contributed by atoms with Gasteiger partial charge in [-0.15, -0.1) is 0 Å². The number of pyridine rings is 1. The molecule has 0 fully saturated rings. The third-order valence-corrected chi connectivity index (χ3v) is 2.88. The molecular formula is C13H9BrF3N3O. The molecule has 0 aliphatic heterocycles. The van der Waals surface area contributed by atoms with Crippen molar-refractivity contribution in [3.05, 3.63) is 52.6 Å². The Morgan fingerprint density at radius 2 is 1.76 bits per heavy atom. The van der Waals surface area contributed by atoms with Gasteiger partial charge in [-0.3, -0.25) is 5.32 Å². The fourth-order valence-corrected chi connectivity index (χ4v) is 1.93. The van der Waals surface area contributed by atoms with Gasteiger partial charge in [0, 0.05) is 0 Å². The molecule has 0 spiro atoms. The van der Waals surface area contributed by atoms with Crippen LogP contribution >= 0.6 is 15.9 Å². The standard InChI is InChI=1S/C13H9BrF3N3O/c14-10-6-3-7-11(19-10)20-12(21)18-9-5-2-1-4-8(9)13(15,16)17/h1-7H,(H2,18,19,20,21). The van der Waals surface area contributed by atoms with Crippen LogP contribution in [0, 0.1) is 0 Å². The Balaban J connectivity index is 2.14. The fraction of sp³-hybridized carbons (Fsp3) is 0.0769. The van der Waals surface area contributed by atoms with Gasteiger partial charge in [0.05, 0.1) is 11.3 Å². The summed E-state index contributed by atoms with van der Waals surface area (Å²) in [7, 11) is 0. The topological polar surface area (TPSA) is 54.0 Å². The van der Waals surface area contributed by atoms with Crippen molar-refractivity contribution in [1.82, 2.24) is 4.98 Å². The molecule has 2 N–H and O–H groups in total. The van der Waals surface area contributed by atoms with E-state index in [0.717, 1.165) is 6.07 Å². The number of halogens is 4. The van der Waals surface area contributed by atoms with Crippen molar-refractivity contribution in [2.75, 3.05) is 10.6 Å². The first-order valence-electron chi connectivity index (χ1n) is 5.73. The van der Waals surface area contributed by atoms with Crippen molar-refractivity contribution < 1.29 is 18.0 Å². The summed E-state index contributed by atoms with van der Waals surface area (Å²) in [6, 6.07) is 8.73. The van der Waals surface area contributed by atoms with Gasteiger partial charge in [-0.1, -0.05) is 18.2 Å². The summed E-state index contributed by atoms with van der Waals surface area (Å²) in [5, 5.41) is 4.51. The number of alkyl halides is 3. The van der Waals surface area contributed by atoms with Crippen LogP contribution in [0.15, 0.2) is 47.1 Å². The number of rotatable bonds is 2. The number of amides is 2. The molecule has 1 aromatic heterocycles. The summed E-state index contributed by atoms with van der Waals surface area (Å²) in [6.45, 7) is 0. The highest BCUT2D eigenvalue weighted by molar-refractivity contribution is 9.10. The zero-order valence-electron chi connectivity index (χ0n) is 10.4. The van der Waals surface area contributed by atoms with Gasteiger partial charge in [-0.25, -0.2) is 9.78 Å². The third-order valence-electron chi connectivity index (χ3n) is 2.44. The van der Waals surface area contributed by atoms with Crippen molar-refractivity contribution >= 4 is 33.5 Å². The van der Waals surface area contributed by atoms with Crippen LogP contribution in [0.4, 0.5) is 29.5 Å². The fourth-order valence-electron chi connectivity index (χ4n) is 1.59. The van der Waals surface area contributed by atoms with Crippen molar-refractivity contribution in [3.63, 3.8) is 0 Å². The van der Waals surface area contributed by atoms with Crippen molar-refractivity contribution in [2.24, 2.45) is 0 Å². The van der Waals surface area contributed by atoms with Gasteiger partial charge in [0.25, 0.3) is 0 Å². The number of nitrogens with one attached hydrogen (secondary N) is 2. The molecule has 2 rings (SSSR count). The second kappa shape index (κ2) is 6.13. The number of urea groups is 1. The number of aromatic nitrogens is 1. The van der Waals surface area contributed by atoms with Crippen LogP contribution in [0.1, 0.15) is 5.56 Å². The molecule has 0 aliphatic rings. The van der Waals surface area contributed by atoms with E-state index in [4.69, 9.17) is 0 Å². The number of hydrogen-bond acceptors (Lipinski definition) is 2. The largest absolute Gasteiger partial charge is 0.418 e. The van der Waals surface area contributed by atoms with Crippen LogP contribution in [0.2, 0.25) is 0 Å². The van der Waals surface area contributed by atoms with Gasteiger partial charge in [0.2, 0.25) is 0 Å². The first kappa shape index (κ1) is 15.3. The van der Waals surface area contributed by atoms with E-state index < -0.39 is 17.8 Å². The normalized spacial score (nSPS) is 11.0. The summed E-state index contributed by atoms with van der Waals surface area (Å²) in [5.74, 6) is 0.214. The molecule has 1 heterocycles. The monoisotopic (exact) mass is 359 g/mol. The third kappa shape index (κ3) is 4.19. The lowest BCUT2D eigenvalue weighted by molar-refractivity contribution is -0.136. The predicted octanol–water partition coefficient (Wildman–Crippen LogP) is 4.51. The zero-order chi connectivity index (χ0) is 15.5. The minimum absolute atomic E-state index is 0.214. The van der Waals surface area contributed by atoms with Crippen LogP contribution < -0.4 is 10.6 Å². The maximum absolute atomic E-state index is 12.8. The smallest absolute Gasteiger partial charge is 0.307 e. The molecular weight excluding hydrogens is 351 g/mol. The van der Waals surface area contributed by atoms with Crippen molar-refractivity contribution in [2.45, 2.75) is 6.18 Å². The van der Waals surface area contributed by atoms with Gasteiger partial charge in [-0.05, 0) is 40.2 Å². The average Bonchev–Trinajstić information content (AvgIpc) is 2.37. The highest BCUT2D eigenvalue weighted by Gasteiger charge is 2.33. The quantitative estimate of drug-likeness (QED) is 0.775. The Kier molecular flexibility index (Phi) is 4.46. The molecule has 2 amide bonds. The molecule has 21 heavy (non-hydrogen) atoms. The van der Waals surface area contributed by atoms with E-state index in [2.05, 4.69) is 31.5 Å². The maximum atomic E-state index is 12.8. The molecule has 4 nitrogen and oxygen atoms in total. The average molecular weight is 360 g/mol. The Hall–Kier alpha value is -2.09. The minimum Gasteiger partial charge on any atom is -0.307 e. The van der Waals surface area contributed by atoms with Crippen LogP contribution in [0.3, 0.4) is 0 Å². The van der Waals surface area contributed by atoms with E-state index in [9.17, 15) is 18.0 Å². The van der Waals surface area contributed by atoms with E-state index in [0.29, 0.717) is 4.60 Å². The Morgan fingerprint density at radius 3 is 2.43 bits per heavy atom. The second-order valence-corrected chi connectivity index (χ2v) is 4.78. The molecule has 0 atom stereocenters. The lowest BCUT2D eigenvalue weighted by Gasteiger charge is -2.13. The zero-order valence-corrected chi connectivity index (χ0v) is 12.0. The van der Waals surface area contributed by atoms with E-state index in [-0.39, 0.29) is 11.5 Å². The number of carbonyl (C=O) groups is 1. The molecule has 0 unspecified atom stereocenters. The molecule has 0 bridgehead atoms. The maximum Gasteiger partial charge on any atom is 0.418 e. The Bertz CT molecular complexity index is 661. The summed E-state index contributed by atoms with van der Waals surface area (Å²) in [4.78, 5) is 15.7. The molecule has 0 saturated carbocycles. The number of hydrogen-bond donors (Lipinski definition) is 2. The lowest BCUT2D eigenvalue weighted by atomic mass is 10.1. The number of carbonyl (C=O) groups excluding carboxylic acids is 1. The molecule has 1 aromatic carbocycles. The van der Waals surface area contributed by atoms with E-state index in [1.165, 1.54) is 24.3 Å². The number of benzene rings is 1. The highest BCUT2D eigenvalue weighted by atomic mass is 79.9. The van der Waals surface area contributed by atoms with Gasteiger partial charge in [0.15, 0.2) is 0 Å². The number of para-hydroxylation sites is 1. The predicted molar refractivity (Wildman–Crippen MR) is 76.0 cm³/mol. The molecule has 2 aromatic rings. The number of nitrogens with zero attached hydrogens (tertiary/aromatic N) is 1.